The molecule has 0 radical (unpaired) electrons. The van der Waals surface area contributed by atoms with Crippen molar-refractivity contribution in [2.75, 3.05) is 14.2 Å². The van der Waals surface area contributed by atoms with Crippen LogP contribution in [0.1, 0.15) is 16.8 Å². The number of rotatable bonds is 7. The van der Waals surface area contributed by atoms with E-state index in [9.17, 15) is 9.59 Å². The highest BCUT2D eigenvalue weighted by Gasteiger charge is 2.53. The van der Waals surface area contributed by atoms with Crippen LogP contribution >= 0.6 is 0 Å². The van der Waals surface area contributed by atoms with Gasteiger partial charge in [0.25, 0.3) is 5.91 Å². The second kappa shape index (κ2) is 8.43. The van der Waals surface area contributed by atoms with Crippen LogP contribution in [0, 0.1) is 0 Å². The number of amides is 3. The molecule has 1 aliphatic rings. The van der Waals surface area contributed by atoms with E-state index in [-0.39, 0.29) is 6.54 Å². The molecule has 2 aromatic carbocycles. The van der Waals surface area contributed by atoms with Crippen molar-refractivity contribution in [3.8, 4) is 23.0 Å². The lowest BCUT2D eigenvalue weighted by atomic mass is 9.82. The van der Waals surface area contributed by atoms with Gasteiger partial charge in [-0.1, -0.05) is 29.4 Å². The van der Waals surface area contributed by atoms with Gasteiger partial charge in [-0.15, -0.1) is 0 Å². The zero-order chi connectivity index (χ0) is 23.7. The number of furan rings is 1. The van der Waals surface area contributed by atoms with Crippen molar-refractivity contribution in [3.05, 3.63) is 89.8 Å². The van der Waals surface area contributed by atoms with Crippen LogP contribution in [0.5, 0.6) is 11.5 Å². The summed E-state index contributed by atoms with van der Waals surface area (Å²) in [6, 6.07) is 18.6. The molecule has 172 valence electrons. The number of methoxy groups -OCH3 is 2. The Morgan fingerprint density at radius 2 is 1.53 bits per heavy atom. The summed E-state index contributed by atoms with van der Waals surface area (Å²) >= 11 is 0. The number of benzene rings is 2. The summed E-state index contributed by atoms with van der Waals surface area (Å²) in [6.45, 7) is -0.0665. The van der Waals surface area contributed by atoms with Gasteiger partial charge in [0, 0.05) is 6.07 Å². The first-order valence-electron chi connectivity index (χ1n) is 10.5. The van der Waals surface area contributed by atoms with E-state index in [0.717, 1.165) is 4.90 Å². The molecule has 1 fully saturated rings. The van der Waals surface area contributed by atoms with Crippen molar-refractivity contribution in [1.82, 2.24) is 15.4 Å². The standard InChI is InChI=1S/C25H21N3O6/c1-31-19-9-5-16(6-10-19)25(17-7-11-20(32-2)12-8-17)23(29)28(24(30)26-25)15-18-14-22(34-27-18)21-4-3-13-33-21/h3-14H,15H2,1-2H3,(H,26,30). The highest BCUT2D eigenvalue weighted by molar-refractivity contribution is 6.09. The number of ether oxygens (including phenoxy) is 2. The summed E-state index contributed by atoms with van der Waals surface area (Å²) in [5, 5.41) is 6.91. The molecule has 9 heteroatoms. The lowest BCUT2D eigenvalue weighted by Crippen LogP contribution is -2.45. The van der Waals surface area contributed by atoms with Crippen LogP contribution in [0.2, 0.25) is 0 Å². The van der Waals surface area contributed by atoms with Crippen molar-refractivity contribution in [2.24, 2.45) is 0 Å². The number of carbonyl (C=O) groups excluding carboxylic acids is 2. The summed E-state index contributed by atoms with van der Waals surface area (Å²) in [4.78, 5) is 28.1. The van der Waals surface area contributed by atoms with Gasteiger partial charge in [0.05, 0.1) is 27.0 Å². The van der Waals surface area contributed by atoms with Crippen molar-refractivity contribution >= 4 is 11.9 Å². The molecule has 5 rings (SSSR count). The Bertz CT molecular complexity index is 1260. The van der Waals surface area contributed by atoms with Crippen molar-refractivity contribution in [1.29, 1.82) is 0 Å². The fourth-order valence-corrected chi connectivity index (χ4v) is 4.04. The maximum atomic E-state index is 13.9. The fraction of sp³-hybridized carbons (Fsp3) is 0.160. The molecule has 0 unspecified atom stereocenters. The highest BCUT2D eigenvalue weighted by Crippen LogP contribution is 2.38. The van der Waals surface area contributed by atoms with E-state index >= 15 is 0 Å². The highest BCUT2D eigenvalue weighted by atomic mass is 16.5. The molecule has 0 atom stereocenters. The van der Waals surface area contributed by atoms with Crippen molar-refractivity contribution < 1.29 is 28.0 Å². The monoisotopic (exact) mass is 459 g/mol. The van der Waals surface area contributed by atoms with Gasteiger partial charge >= 0.3 is 6.03 Å². The Morgan fingerprint density at radius 3 is 2.06 bits per heavy atom. The van der Waals surface area contributed by atoms with Gasteiger partial charge in [0.1, 0.15) is 17.2 Å². The third-order valence-electron chi connectivity index (χ3n) is 5.79. The van der Waals surface area contributed by atoms with Crippen LogP contribution in [-0.4, -0.2) is 36.2 Å². The average molecular weight is 459 g/mol. The Kier molecular flexibility index (Phi) is 5.29. The minimum absolute atomic E-state index is 0.0665. The first-order valence-corrected chi connectivity index (χ1v) is 10.5. The van der Waals surface area contributed by atoms with E-state index in [4.69, 9.17) is 18.4 Å². The quantitative estimate of drug-likeness (QED) is 0.417. The third kappa shape index (κ3) is 3.47. The molecule has 3 heterocycles. The molecule has 1 N–H and O–H groups in total. The Morgan fingerprint density at radius 1 is 0.912 bits per heavy atom. The fourth-order valence-electron chi connectivity index (χ4n) is 4.04. The number of carbonyl (C=O) groups is 2. The summed E-state index contributed by atoms with van der Waals surface area (Å²) in [6.07, 6.45) is 1.52. The van der Waals surface area contributed by atoms with E-state index in [1.54, 1.807) is 80.9 Å². The number of hydrogen-bond acceptors (Lipinski definition) is 7. The number of aromatic nitrogens is 1. The van der Waals surface area contributed by atoms with Crippen molar-refractivity contribution in [2.45, 2.75) is 12.1 Å². The molecule has 3 amide bonds. The summed E-state index contributed by atoms with van der Waals surface area (Å²) in [5.74, 6) is 1.74. The molecule has 0 saturated carbocycles. The predicted octanol–water partition coefficient (Wildman–Crippen LogP) is 3.95. The topological polar surface area (TPSA) is 107 Å². The zero-order valence-electron chi connectivity index (χ0n) is 18.5. The summed E-state index contributed by atoms with van der Waals surface area (Å²) in [5.41, 5.74) is 0.171. The van der Waals surface area contributed by atoms with Crippen LogP contribution in [0.25, 0.3) is 11.5 Å². The number of nitrogens with zero attached hydrogens (tertiary/aromatic N) is 2. The van der Waals surface area contributed by atoms with Crippen LogP contribution in [-0.2, 0) is 16.9 Å². The normalized spacial score (nSPS) is 14.8. The molecule has 1 aliphatic heterocycles. The second-order valence-corrected chi connectivity index (χ2v) is 7.69. The Labute approximate surface area is 194 Å². The molecular weight excluding hydrogens is 438 g/mol. The Balaban J connectivity index is 1.52. The SMILES string of the molecule is COc1ccc(C2(c3ccc(OC)cc3)NC(=O)N(Cc3cc(-c4ccco4)on3)C2=O)cc1. The number of nitrogens with one attached hydrogen (secondary N) is 1. The first kappa shape index (κ1) is 21.3. The van der Waals surface area contributed by atoms with E-state index in [0.29, 0.717) is 39.8 Å². The lowest BCUT2D eigenvalue weighted by molar-refractivity contribution is -0.130. The first-order chi connectivity index (χ1) is 16.5. The van der Waals surface area contributed by atoms with Gasteiger partial charge in [-0.25, -0.2) is 4.79 Å². The Hall–Kier alpha value is -4.53. The van der Waals surface area contributed by atoms with E-state index < -0.39 is 17.5 Å². The second-order valence-electron chi connectivity index (χ2n) is 7.69. The van der Waals surface area contributed by atoms with Gasteiger partial charge in [0.2, 0.25) is 5.76 Å². The van der Waals surface area contributed by atoms with Crippen LogP contribution in [0.15, 0.2) is 81.9 Å². The van der Waals surface area contributed by atoms with Crippen LogP contribution in [0.3, 0.4) is 0 Å². The average Bonchev–Trinajstić information content (AvgIpc) is 3.62. The third-order valence-corrected chi connectivity index (χ3v) is 5.79. The van der Waals surface area contributed by atoms with Gasteiger partial charge in [0.15, 0.2) is 11.3 Å². The maximum absolute atomic E-state index is 13.9. The molecule has 0 spiro atoms. The van der Waals surface area contributed by atoms with E-state index in [2.05, 4.69) is 10.5 Å². The van der Waals surface area contributed by atoms with Crippen LogP contribution in [0.4, 0.5) is 4.79 Å². The summed E-state index contributed by atoms with van der Waals surface area (Å²) in [7, 11) is 3.13. The van der Waals surface area contributed by atoms with Crippen LogP contribution < -0.4 is 14.8 Å². The zero-order valence-corrected chi connectivity index (χ0v) is 18.5. The number of urea groups is 1. The maximum Gasteiger partial charge on any atom is 0.325 e. The van der Waals surface area contributed by atoms with Gasteiger partial charge in [-0.2, -0.15) is 0 Å². The smallest absolute Gasteiger partial charge is 0.325 e. The minimum atomic E-state index is -1.43. The summed E-state index contributed by atoms with van der Waals surface area (Å²) < 4.78 is 21.2. The molecule has 2 aromatic heterocycles. The molecule has 1 saturated heterocycles. The van der Waals surface area contributed by atoms with Gasteiger partial charge in [-0.05, 0) is 47.5 Å². The number of hydrogen-bond donors (Lipinski definition) is 1. The molecule has 0 aliphatic carbocycles. The van der Waals surface area contributed by atoms with Crippen molar-refractivity contribution in [3.63, 3.8) is 0 Å². The molecule has 9 nitrogen and oxygen atoms in total. The molecular formula is C25H21N3O6. The molecule has 0 bridgehead atoms. The number of imide groups is 1. The molecule has 4 aromatic rings. The minimum Gasteiger partial charge on any atom is -0.497 e. The van der Waals surface area contributed by atoms with E-state index in [1.165, 1.54) is 6.26 Å². The largest absolute Gasteiger partial charge is 0.497 e. The van der Waals surface area contributed by atoms with E-state index in [1.807, 2.05) is 0 Å². The van der Waals surface area contributed by atoms with Gasteiger partial charge < -0.3 is 23.7 Å². The lowest BCUT2D eigenvalue weighted by Gasteiger charge is -2.28. The molecule has 34 heavy (non-hydrogen) atoms. The van der Waals surface area contributed by atoms with Gasteiger partial charge in [-0.3, -0.25) is 9.69 Å². The predicted molar refractivity (Wildman–Crippen MR) is 120 cm³/mol.